The van der Waals surface area contributed by atoms with Gasteiger partial charge in [-0.2, -0.15) is 0 Å². The summed E-state index contributed by atoms with van der Waals surface area (Å²) in [4.78, 5) is 4.64. The fourth-order valence-electron chi connectivity index (χ4n) is 3.19. The van der Waals surface area contributed by atoms with Crippen LogP contribution in [0, 0.1) is 20.3 Å². The van der Waals surface area contributed by atoms with Crippen LogP contribution in [0.15, 0.2) is 36.4 Å². The molecule has 1 aliphatic heterocycles. The first-order valence-electron chi connectivity index (χ1n) is 8.52. The minimum absolute atomic E-state index is 0. The summed E-state index contributed by atoms with van der Waals surface area (Å²) in [5.41, 5.74) is 4.75. The molecule has 1 saturated heterocycles. The quantitative estimate of drug-likeness (QED) is 0.343. The molecule has 1 fully saturated rings. The molecule has 2 heterocycles. The van der Waals surface area contributed by atoms with Crippen LogP contribution in [0.5, 0.6) is 0 Å². The standard InChI is InChI=1S/C14H12N.C7H15N.K/c1-9-3-5-11-12-6-4-10(2)8-14(12)15-13(11)7-9;1-8(2)6-4-3-5-7-8;/h3-8H,1-2H3;3H,4-7H2,1-2H3;/q-1;;+1. The van der Waals surface area contributed by atoms with Crippen LogP contribution in [0.3, 0.4) is 0 Å². The van der Waals surface area contributed by atoms with Crippen molar-refractivity contribution < 1.29 is 55.9 Å². The molecule has 122 valence electrons. The fourth-order valence-corrected chi connectivity index (χ4v) is 3.19. The first-order valence-corrected chi connectivity index (χ1v) is 8.52. The summed E-state index contributed by atoms with van der Waals surface area (Å²) >= 11 is 0. The number of benzene rings is 2. The number of likely N-dealkylation sites (tertiary alicyclic amines) is 1. The van der Waals surface area contributed by atoms with Crippen molar-refractivity contribution in [2.24, 2.45) is 0 Å². The molecule has 1 aromatic heterocycles. The van der Waals surface area contributed by atoms with E-state index in [4.69, 9.17) is 0 Å². The molecule has 0 aliphatic carbocycles. The van der Waals surface area contributed by atoms with E-state index in [1.54, 1.807) is 0 Å². The van der Waals surface area contributed by atoms with E-state index in [1.165, 1.54) is 52.3 Å². The van der Waals surface area contributed by atoms with E-state index in [0.717, 1.165) is 11.0 Å². The minimum Gasteiger partial charge on any atom is -0.657 e. The van der Waals surface area contributed by atoms with Gasteiger partial charge in [0.2, 0.25) is 0 Å². The van der Waals surface area contributed by atoms with Crippen molar-refractivity contribution in [1.29, 1.82) is 0 Å². The zero-order chi connectivity index (χ0) is 16.4. The number of piperidine rings is 1. The second kappa shape index (κ2) is 8.48. The third kappa shape index (κ3) is 4.93. The van der Waals surface area contributed by atoms with Crippen LogP contribution in [-0.4, -0.2) is 31.7 Å². The molecule has 3 heteroatoms. The SMILES string of the molecule is C[N+]1(C)CC[CH-]CC1.Cc1ccc2c(c1)[n-]c1cc(C)ccc12.[K+]. The maximum absolute atomic E-state index is 4.64. The van der Waals surface area contributed by atoms with Gasteiger partial charge in [-0.1, -0.05) is 47.5 Å². The van der Waals surface area contributed by atoms with Crippen molar-refractivity contribution in [3.05, 3.63) is 53.9 Å². The smallest absolute Gasteiger partial charge is 0.657 e. The third-order valence-electron chi connectivity index (χ3n) is 4.71. The largest absolute Gasteiger partial charge is 1.00 e. The van der Waals surface area contributed by atoms with Gasteiger partial charge in [0.05, 0.1) is 27.2 Å². The number of aromatic nitrogens is 1. The molecule has 2 aromatic carbocycles. The number of rotatable bonds is 0. The first kappa shape index (κ1) is 20.2. The molecule has 4 rings (SSSR count). The Hall–Kier alpha value is -0.164. The van der Waals surface area contributed by atoms with Crippen molar-refractivity contribution >= 4 is 21.8 Å². The first-order chi connectivity index (χ1) is 10.9. The molecule has 0 atom stereocenters. The maximum Gasteiger partial charge on any atom is 1.00 e. The number of hydrogen-bond acceptors (Lipinski definition) is 0. The Morgan fingerprint density at radius 3 is 1.67 bits per heavy atom. The van der Waals surface area contributed by atoms with Gasteiger partial charge in [0.15, 0.2) is 0 Å². The molecule has 24 heavy (non-hydrogen) atoms. The van der Waals surface area contributed by atoms with Crippen molar-refractivity contribution in [2.45, 2.75) is 26.7 Å². The van der Waals surface area contributed by atoms with Gasteiger partial charge in [0, 0.05) is 0 Å². The Kier molecular flexibility index (Phi) is 7.12. The van der Waals surface area contributed by atoms with Crippen molar-refractivity contribution in [2.75, 3.05) is 27.2 Å². The monoisotopic (exact) mass is 346 g/mol. The summed E-state index contributed by atoms with van der Waals surface area (Å²) in [5.74, 6) is 0. The Morgan fingerprint density at radius 2 is 1.29 bits per heavy atom. The molecular formula is C21H27KN2. The van der Waals surface area contributed by atoms with Crippen LogP contribution in [0.4, 0.5) is 0 Å². The second-order valence-electron chi connectivity index (χ2n) is 7.40. The third-order valence-corrected chi connectivity index (χ3v) is 4.71. The van der Waals surface area contributed by atoms with E-state index in [-0.39, 0.29) is 51.4 Å². The van der Waals surface area contributed by atoms with E-state index >= 15 is 0 Å². The van der Waals surface area contributed by atoms with Crippen LogP contribution < -0.4 is 56.4 Å². The number of nitrogens with zero attached hydrogens (tertiary/aromatic N) is 2. The Morgan fingerprint density at radius 1 is 0.833 bits per heavy atom. The van der Waals surface area contributed by atoms with Gasteiger partial charge >= 0.3 is 51.4 Å². The zero-order valence-corrected chi connectivity index (χ0v) is 18.9. The summed E-state index contributed by atoms with van der Waals surface area (Å²) in [6, 6.07) is 12.9. The number of fused-ring (bicyclic) bond motifs is 3. The maximum atomic E-state index is 4.64. The number of quaternary nitrogens is 1. The van der Waals surface area contributed by atoms with E-state index in [9.17, 15) is 0 Å². The topological polar surface area (TPSA) is 14.1 Å². The average molecular weight is 347 g/mol. The fraction of sp³-hybridized carbons (Fsp3) is 0.381. The molecule has 3 aromatic rings. The van der Waals surface area contributed by atoms with Gasteiger partial charge in [-0.25, -0.2) is 0 Å². The molecule has 2 nitrogen and oxygen atoms in total. The van der Waals surface area contributed by atoms with Crippen LogP contribution in [-0.2, 0) is 0 Å². The number of aryl methyl sites for hydroxylation is 2. The van der Waals surface area contributed by atoms with Crippen molar-refractivity contribution in [3.63, 3.8) is 0 Å². The van der Waals surface area contributed by atoms with E-state index in [1.807, 2.05) is 0 Å². The van der Waals surface area contributed by atoms with E-state index in [2.05, 4.69) is 75.7 Å². The van der Waals surface area contributed by atoms with Crippen LogP contribution in [0.25, 0.3) is 21.8 Å². The van der Waals surface area contributed by atoms with E-state index in [0.29, 0.717) is 0 Å². The van der Waals surface area contributed by atoms with Crippen LogP contribution in [0.1, 0.15) is 24.0 Å². The molecule has 0 unspecified atom stereocenters. The van der Waals surface area contributed by atoms with Gasteiger partial charge in [-0.3, -0.25) is 0 Å². The molecule has 0 saturated carbocycles. The van der Waals surface area contributed by atoms with Crippen LogP contribution in [0.2, 0.25) is 0 Å². The molecule has 0 bridgehead atoms. The van der Waals surface area contributed by atoms with Gasteiger partial charge in [-0.05, 0) is 24.6 Å². The average Bonchev–Trinajstić information content (AvgIpc) is 2.83. The number of hydrogen-bond donors (Lipinski definition) is 0. The second-order valence-corrected chi connectivity index (χ2v) is 7.40. The van der Waals surface area contributed by atoms with Crippen molar-refractivity contribution in [3.8, 4) is 0 Å². The molecule has 0 spiro atoms. The summed E-state index contributed by atoms with van der Waals surface area (Å²) in [6.07, 6.45) is 5.02. The Balaban J connectivity index is 0.000000199. The molecule has 0 amide bonds. The predicted molar refractivity (Wildman–Crippen MR) is 99.6 cm³/mol. The molecule has 1 aliphatic rings. The Labute approximate surface area is 188 Å². The summed E-state index contributed by atoms with van der Waals surface area (Å²) in [7, 11) is 4.60. The van der Waals surface area contributed by atoms with Gasteiger partial charge in [0.1, 0.15) is 0 Å². The summed E-state index contributed by atoms with van der Waals surface area (Å²) in [6.45, 7) is 6.87. The van der Waals surface area contributed by atoms with Gasteiger partial charge in [-0.15, -0.1) is 23.9 Å². The Bertz CT molecular complexity index is 753. The molecule has 0 radical (unpaired) electrons. The van der Waals surface area contributed by atoms with Crippen LogP contribution >= 0.6 is 0 Å². The molecule has 0 N–H and O–H groups in total. The van der Waals surface area contributed by atoms with E-state index < -0.39 is 0 Å². The van der Waals surface area contributed by atoms with Crippen molar-refractivity contribution in [1.82, 2.24) is 4.98 Å². The zero-order valence-electron chi connectivity index (χ0n) is 15.8. The summed E-state index contributed by atoms with van der Waals surface area (Å²) < 4.78 is 1.22. The summed E-state index contributed by atoms with van der Waals surface area (Å²) in [5, 5.41) is 2.52. The minimum atomic E-state index is 0. The van der Waals surface area contributed by atoms with Gasteiger partial charge in [0.25, 0.3) is 0 Å². The molecular weight excluding hydrogens is 319 g/mol. The predicted octanol–water partition coefficient (Wildman–Crippen LogP) is 1.63. The van der Waals surface area contributed by atoms with Gasteiger partial charge < -0.3 is 15.9 Å². The normalized spacial score (nSPS) is 16.3.